The van der Waals surface area contributed by atoms with Gasteiger partial charge in [0.25, 0.3) is 0 Å². The molecule has 1 aromatic rings. The fourth-order valence-electron chi connectivity index (χ4n) is 2.08. The van der Waals surface area contributed by atoms with Gasteiger partial charge in [-0.1, -0.05) is 0 Å². The van der Waals surface area contributed by atoms with Crippen molar-refractivity contribution in [3.63, 3.8) is 0 Å². The zero-order valence-corrected chi connectivity index (χ0v) is 10.8. The molecule has 0 heterocycles. The Kier molecular flexibility index (Phi) is 3.66. The van der Waals surface area contributed by atoms with Gasteiger partial charge < -0.3 is 5.11 Å². The summed E-state index contributed by atoms with van der Waals surface area (Å²) in [4.78, 5) is 10.8. The van der Waals surface area contributed by atoms with Crippen LogP contribution in [0, 0.1) is 23.4 Å². The minimum absolute atomic E-state index is 0.0346. The molecule has 1 aliphatic rings. The van der Waals surface area contributed by atoms with E-state index >= 15 is 0 Å². The minimum Gasteiger partial charge on any atom is -0.481 e. The predicted molar refractivity (Wildman–Crippen MR) is 61.7 cm³/mol. The van der Waals surface area contributed by atoms with Crippen molar-refractivity contribution in [2.24, 2.45) is 5.92 Å². The summed E-state index contributed by atoms with van der Waals surface area (Å²) in [5.41, 5.74) is -0.0642. The normalized spacial score (nSPS) is 16.7. The smallest absolute Gasteiger partial charge is 0.303 e. The topological polar surface area (TPSA) is 37.3 Å². The monoisotopic (exact) mass is 322 g/mol. The van der Waals surface area contributed by atoms with Crippen LogP contribution >= 0.6 is 15.9 Å². The first-order valence-electron chi connectivity index (χ1n) is 5.46. The first-order valence-corrected chi connectivity index (χ1v) is 6.25. The van der Waals surface area contributed by atoms with Crippen molar-refractivity contribution in [2.75, 3.05) is 0 Å². The van der Waals surface area contributed by atoms with E-state index in [2.05, 4.69) is 15.9 Å². The molecule has 0 aromatic heterocycles. The van der Waals surface area contributed by atoms with Crippen molar-refractivity contribution >= 4 is 21.9 Å². The molecule has 18 heavy (non-hydrogen) atoms. The Hall–Kier alpha value is -1.04. The summed E-state index contributed by atoms with van der Waals surface area (Å²) in [5.74, 6) is -5.78. The van der Waals surface area contributed by atoms with E-state index in [0.29, 0.717) is 0 Å². The van der Waals surface area contributed by atoms with Gasteiger partial charge in [0.15, 0.2) is 17.5 Å². The number of aliphatic carboxylic acids is 1. The molecule has 0 bridgehead atoms. The van der Waals surface area contributed by atoms with E-state index in [1.54, 1.807) is 0 Å². The third-order valence-electron chi connectivity index (χ3n) is 3.12. The number of carboxylic acids is 1. The van der Waals surface area contributed by atoms with Crippen LogP contribution < -0.4 is 0 Å². The third-order valence-corrected chi connectivity index (χ3v) is 3.69. The number of hydrogen-bond donors (Lipinski definition) is 1. The molecule has 1 N–H and O–H groups in total. The van der Waals surface area contributed by atoms with Gasteiger partial charge in [-0.25, -0.2) is 13.2 Å². The maximum absolute atomic E-state index is 13.7. The van der Waals surface area contributed by atoms with Gasteiger partial charge in [0, 0.05) is 5.92 Å². The van der Waals surface area contributed by atoms with Crippen molar-refractivity contribution in [3.05, 3.63) is 33.6 Å². The molecule has 1 atom stereocenters. The van der Waals surface area contributed by atoms with Gasteiger partial charge in [-0.15, -0.1) is 0 Å². The van der Waals surface area contributed by atoms with Crippen LogP contribution in [0.25, 0.3) is 0 Å². The Morgan fingerprint density at radius 1 is 1.33 bits per heavy atom. The van der Waals surface area contributed by atoms with Crippen LogP contribution in [0.15, 0.2) is 10.5 Å². The zero-order chi connectivity index (χ0) is 13.4. The van der Waals surface area contributed by atoms with Crippen LogP contribution in [0.1, 0.15) is 30.7 Å². The summed E-state index contributed by atoms with van der Waals surface area (Å²) in [6.45, 7) is 0. The molecule has 1 fully saturated rings. The second kappa shape index (κ2) is 4.91. The van der Waals surface area contributed by atoms with Gasteiger partial charge in [-0.3, -0.25) is 4.79 Å². The molecule has 0 spiro atoms. The molecule has 0 amide bonds. The van der Waals surface area contributed by atoms with Gasteiger partial charge in [-0.2, -0.15) is 0 Å². The van der Waals surface area contributed by atoms with E-state index < -0.39 is 29.3 Å². The highest BCUT2D eigenvalue weighted by molar-refractivity contribution is 9.10. The van der Waals surface area contributed by atoms with Gasteiger partial charge in [0.05, 0.1) is 10.9 Å². The highest BCUT2D eigenvalue weighted by atomic mass is 79.9. The van der Waals surface area contributed by atoms with Crippen molar-refractivity contribution in [1.29, 1.82) is 0 Å². The summed E-state index contributed by atoms with van der Waals surface area (Å²) < 4.78 is 40.0. The Labute approximate surface area is 110 Å². The predicted octanol–water partition coefficient (Wildman–Crippen LogP) is 3.83. The Bertz CT molecular complexity index is 501. The van der Waals surface area contributed by atoms with Gasteiger partial charge in [-0.05, 0) is 46.3 Å². The molecule has 0 saturated heterocycles. The standard InChI is InChI=1S/C12H10BrF3O2/c13-8-3-7(10(14)12(16)11(8)15)6(4-9(17)18)5-1-2-5/h3,5-6H,1-2,4H2,(H,17,18). The van der Waals surface area contributed by atoms with Crippen LogP contribution in [0.2, 0.25) is 0 Å². The van der Waals surface area contributed by atoms with E-state index in [9.17, 15) is 18.0 Å². The average Bonchev–Trinajstić information content (AvgIpc) is 3.12. The Morgan fingerprint density at radius 3 is 2.44 bits per heavy atom. The first-order chi connectivity index (χ1) is 8.41. The Morgan fingerprint density at radius 2 is 1.94 bits per heavy atom. The second-order valence-electron chi connectivity index (χ2n) is 4.43. The SMILES string of the molecule is O=C(O)CC(c1cc(Br)c(F)c(F)c1F)C1CC1. The number of carbonyl (C=O) groups is 1. The lowest BCUT2D eigenvalue weighted by atomic mass is 9.90. The third kappa shape index (κ3) is 2.53. The fraction of sp³-hybridized carbons (Fsp3) is 0.417. The summed E-state index contributed by atoms with van der Waals surface area (Å²) in [7, 11) is 0. The van der Waals surface area contributed by atoms with Crippen molar-refractivity contribution < 1.29 is 23.1 Å². The van der Waals surface area contributed by atoms with Gasteiger partial charge >= 0.3 is 5.97 Å². The summed E-state index contributed by atoms with van der Waals surface area (Å²) in [6, 6.07) is 1.14. The average molecular weight is 323 g/mol. The van der Waals surface area contributed by atoms with Crippen LogP contribution in [-0.4, -0.2) is 11.1 Å². The highest BCUT2D eigenvalue weighted by Crippen LogP contribution is 2.46. The molecular formula is C12H10BrF3O2. The lowest BCUT2D eigenvalue weighted by Crippen LogP contribution is -2.12. The zero-order valence-electron chi connectivity index (χ0n) is 9.22. The molecule has 1 aromatic carbocycles. The van der Waals surface area contributed by atoms with E-state index in [-0.39, 0.29) is 22.4 Å². The first kappa shape index (κ1) is 13.4. The molecule has 2 rings (SSSR count). The van der Waals surface area contributed by atoms with Crippen molar-refractivity contribution in [3.8, 4) is 0 Å². The number of hydrogen-bond acceptors (Lipinski definition) is 1. The molecule has 0 radical (unpaired) electrons. The summed E-state index contributed by atoms with van der Waals surface area (Å²) in [6.07, 6.45) is 1.29. The number of benzene rings is 1. The quantitative estimate of drug-likeness (QED) is 0.675. The maximum Gasteiger partial charge on any atom is 0.303 e. The minimum atomic E-state index is -1.56. The number of rotatable bonds is 4. The van der Waals surface area contributed by atoms with Crippen LogP contribution in [0.5, 0.6) is 0 Å². The molecule has 1 saturated carbocycles. The largest absolute Gasteiger partial charge is 0.481 e. The highest BCUT2D eigenvalue weighted by Gasteiger charge is 2.36. The number of carboxylic acid groups (broad SMARTS) is 1. The molecular weight excluding hydrogens is 313 g/mol. The molecule has 2 nitrogen and oxygen atoms in total. The fourth-order valence-corrected chi connectivity index (χ4v) is 2.50. The lowest BCUT2D eigenvalue weighted by Gasteiger charge is -2.16. The molecule has 1 unspecified atom stereocenters. The van der Waals surface area contributed by atoms with Gasteiger partial charge in [0.1, 0.15) is 0 Å². The summed E-state index contributed by atoms with van der Waals surface area (Å²) in [5, 5.41) is 8.80. The maximum atomic E-state index is 13.7. The summed E-state index contributed by atoms with van der Waals surface area (Å²) >= 11 is 2.81. The number of halogens is 4. The second-order valence-corrected chi connectivity index (χ2v) is 5.29. The van der Waals surface area contributed by atoms with Crippen LogP contribution in [0.4, 0.5) is 13.2 Å². The van der Waals surface area contributed by atoms with E-state index in [1.807, 2.05) is 0 Å². The van der Waals surface area contributed by atoms with E-state index in [4.69, 9.17) is 5.11 Å². The van der Waals surface area contributed by atoms with Crippen molar-refractivity contribution in [1.82, 2.24) is 0 Å². The lowest BCUT2D eigenvalue weighted by molar-refractivity contribution is -0.137. The Balaban J connectivity index is 2.44. The van der Waals surface area contributed by atoms with E-state index in [1.165, 1.54) is 0 Å². The van der Waals surface area contributed by atoms with Crippen LogP contribution in [0.3, 0.4) is 0 Å². The molecule has 98 valence electrons. The van der Waals surface area contributed by atoms with Crippen LogP contribution in [-0.2, 0) is 4.79 Å². The van der Waals surface area contributed by atoms with Gasteiger partial charge in [0.2, 0.25) is 0 Å². The molecule has 0 aliphatic heterocycles. The van der Waals surface area contributed by atoms with E-state index in [0.717, 1.165) is 18.9 Å². The molecule has 1 aliphatic carbocycles. The molecule has 6 heteroatoms. The van der Waals surface area contributed by atoms with Crippen molar-refractivity contribution in [2.45, 2.75) is 25.2 Å².